The van der Waals surface area contributed by atoms with E-state index in [1.165, 1.54) is 57.6 Å². The van der Waals surface area contributed by atoms with Crippen molar-refractivity contribution in [1.29, 1.82) is 0 Å². The van der Waals surface area contributed by atoms with Crippen LogP contribution in [0.1, 0.15) is 59.3 Å². The van der Waals surface area contributed by atoms with Crippen LogP contribution in [-0.4, -0.2) is 4.98 Å². The number of allylic oxidation sites excluding steroid dienone is 2. The van der Waals surface area contributed by atoms with E-state index in [2.05, 4.69) is 78.9 Å². The zero-order valence-electron chi connectivity index (χ0n) is 16.2. The molecule has 2 aromatic carbocycles. The van der Waals surface area contributed by atoms with E-state index in [1.54, 1.807) is 0 Å². The molecule has 0 bridgehead atoms. The molecule has 1 heteroatoms. The molecule has 0 radical (unpaired) electrons. The van der Waals surface area contributed by atoms with E-state index in [4.69, 9.17) is 4.98 Å². The average Bonchev–Trinajstić information content (AvgIpc) is 2.75. The zero-order valence-corrected chi connectivity index (χ0v) is 16.2. The summed E-state index contributed by atoms with van der Waals surface area (Å²) in [6, 6.07) is 23.8. The largest absolute Gasteiger partial charge is 0.248 e. The van der Waals surface area contributed by atoms with Gasteiger partial charge in [0.2, 0.25) is 0 Å². The third kappa shape index (κ3) is 3.45. The standard InChI is InChI=1S/C27H25N/c1-3-9-20(10-4-1)17-22-13-7-15-24-19-25-16-8-14-23(27(25)28-26(22)24)18-21-11-5-2-6-12-21/h1-6,9-12,17-19H,7-8,13-16H2. The van der Waals surface area contributed by atoms with E-state index in [0.717, 1.165) is 25.7 Å². The lowest BCUT2D eigenvalue weighted by atomic mass is 9.84. The van der Waals surface area contributed by atoms with Gasteiger partial charge in [-0.25, -0.2) is 4.98 Å². The molecule has 0 aliphatic heterocycles. The van der Waals surface area contributed by atoms with Gasteiger partial charge in [-0.1, -0.05) is 66.7 Å². The van der Waals surface area contributed by atoms with Crippen LogP contribution in [0.25, 0.3) is 23.3 Å². The van der Waals surface area contributed by atoms with Crippen LogP contribution < -0.4 is 0 Å². The number of benzene rings is 2. The Morgan fingerprint density at radius 1 is 0.571 bits per heavy atom. The molecule has 1 heterocycles. The number of pyridine rings is 1. The monoisotopic (exact) mass is 363 g/mol. The first kappa shape index (κ1) is 17.2. The predicted octanol–water partition coefficient (Wildman–Crippen LogP) is 6.84. The minimum absolute atomic E-state index is 1.12. The molecule has 1 aromatic heterocycles. The molecule has 3 aromatic rings. The van der Waals surface area contributed by atoms with Crippen molar-refractivity contribution >= 4 is 23.3 Å². The Morgan fingerprint density at radius 3 is 1.50 bits per heavy atom. The summed E-state index contributed by atoms with van der Waals surface area (Å²) in [5.41, 5.74) is 10.7. The van der Waals surface area contributed by atoms with Crippen LogP contribution in [0, 0.1) is 0 Å². The lowest BCUT2D eigenvalue weighted by Gasteiger charge is -2.25. The van der Waals surface area contributed by atoms with Gasteiger partial charge in [0.1, 0.15) is 0 Å². The van der Waals surface area contributed by atoms with Gasteiger partial charge in [-0.05, 0) is 84.1 Å². The summed E-state index contributed by atoms with van der Waals surface area (Å²) in [5.74, 6) is 0. The predicted molar refractivity (Wildman–Crippen MR) is 119 cm³/mol. The van der Waals surface area contributed by atoms with Gasteiger partial charge < -0.3 is 0 Å². The van der Waals surface area contributed by atoms with Crippen LogP contribution in [0.5, 0.6) is 0 Å². The van der Waals surface area contributed by atoms with Crippen molar-refractivity contribution in [3.05, 3.63) is 100 Å². The van der Waals surface area contributed by atoms with Gasteiger partial charge in [0.15, 0.2) is 0 Å². The molecule has 2 aliphatic carbocycles. The summed E-state index contributed by atoms with van der Waals surface area (Å²) in [6.07, 6.45) is 11.6. The number of hydrogen-bond donors (Lipinski definition) is 0. The van der Waals surface area contributed by atoms with Crippen LogP contribution in [0.15, 0.2) is 66.7 Å². The normalized spacial score (nSPS) is 18.7. The van der Waals surface area contributed by atoms with Gasteiger partial charge >= 0.3 is 0 Å². The average molecular weight is 364 g/mol. The second kappa shape index (κ2) is 7.59. The highest BCUT2D eigenvalue weighted by Crippen LogP contribution is 2.37. The molecule has 138 valence electrons. The third-order valence-electron chi connectivity index (χ3n) is 5.85. The van der Waals surface area contributed by atoms with Crippen molar-refractivity contribution in [2.45, 2.75) is 38.5 Å². The first-order valence-corrected chi connectivity index (χ1v) is 10.4. The molecule has 0 unspecified atom stereocenters. The summed E-state index contributed by atoms with van der Waals surface area (Å²) in [6.45, 7) is 0. The summed E-state index contributed by atoms with van der Waals surface area (Å²) in [4.78, 5) is 5.27. The first-order chi connectivity index (χ1) is 13.9. The fraction of sp³-hybridized carbons (Fsp3) is 0.222. The molecule has 1 nitrogen and oxygen atoms in total. The Hall–Kier alpha value is -2.93. The molecule has 0 spiro atoms. The number of rotatable bonds is 2. The topological polar surface area (TPSA) is 12.9 Å². The minimum atomic E-state index is 1.12. The Labute approximate surface area is 167 Å². The number of nitrogens with zero attached hydrogens (tertiary/aromatic N) is 1. The van der Waals surface area contributed by atoms with E-state index in [9.17, 15) is 0 Å². The molecular weight excluding hydrogens is 338 g/mol. The van der Waals surface area contributed by atoms with Crippen molar-refractivity contribution in [3.8, 4) is 0 Å². The Balaban J connectivity index is 1.60. The third-order valence-corrected chi connectivity index (χ3v) is 5.85. The molecule has 0 atom stereocenters. The van der Waals surface area contributed by atoms with Gasteiger partial charge in [-0.15, -0.1) is 0 Å². The van der Waals surface area contributed by atoms with E-state index in [1.807, 2.05) is 0 Å². The molecule has 0 amide bonds. The summed E-state index contributed by atoms with van der Waals surface area (Å²) >= 11 is 0. The lowest BCUT2D eigenvalue weighted by molar-refractivity contribution is 0.775. The highest BCUT2D eigenvalue weighted by Gasteiger charge is 2.22. The maximum absolute atomic E-state index is 5.27. The van der Waals surface area contributed by atoms with Gasteiger partial charge in [0.25, 0.3) is 0 Å². The molecule has 2 aliphatic rings. The van der Waals surface area contributed by atoms with Crippen molar-refractivity contribution in [3.63, 3.8) is 0 Å². The Bertz CT molecular complexity index is 960. The smallest absolute Gasteiger partial charge is 0.0701 e. The molecule has 0 N–H and O–H groups in total. The number of fused-ring (bicyclic) bond motifs is 2. The summed E-state index contributed by atoms with van der Waals surface area (Å²) in [5, 5.41) is 0. The quantitative estimate of drug-likeness (QED) is 0.486. The van der Waals surface area contributed by atoms with Gasteiger partial charge in [-0.2, -0.15) is 0 Å². The van der Waals surface area contributed by atoms with Crippen molar-refractivity contribution in [2.75, 3.05) is 0 Å². The van der Waals surface area contributed by atoms with Crippen LogP contribution in [0.4, 0.5) is 0 Å². The zero-order chi connectivity index (χ0) is 18.8. The fourth-order valence-corrected chi connectivity index (χ4v) is 4.50. The number of aromatic nitrogens is 1. The van der Waals surface area contributed by atoms with Crippen LogP contribution in [0.2, 0.25) is 0 Å². The van der Waals surface area contributed by atoms with Crippen molar-refractivity contribution in [1.82, 2.24) is 4.98 Å². The highest BCUT2D eigenvalue weighted by atomic mass is 14.7. The maximum atomic E-state index is 5.27. The second-order valence-electron chi connectivity index (χ2n) is 7.87. The SMILES string of the molecule is C(=C1CCCc2cc3c(nc21)C(=Cc1ccccc1)CCC3)c1ccccc1. The molecule has 0 fully saturated rings. The summed E-state index contributed by atoms with van der Waals surface area (Å²) < 4.78 is 0. The van der Waals surface area contributed by atoms with E-state index >= 15 is 0 Å². The lowest BCUT2D eigenvalue weighted by Crippen LogP contribution is -2.12. The fourth-order valence-electron chi connectivity index (χ4n) is 4.50. The maximum Gasteiger partial charge on any atom is 0.0701 e. The van der Waals surface area contributed by atoms with Crippen LogP contribution in [-0.2, 0) is 12.8 Å². The minimum Gasteiger partial charge on any atom is -0.248 e. The van der Waals surface area contributed by atoms with E-state index in [0.29, 0.717) is 0 Å². The van der Waals surface area contributed by atoms with Crippen molar-refractivity contribution < 1.29 is 0 Å². The highest BCUT2D eigenvalue weighted by molar-refractivity contribution is 5.86. The Morgan fingerprint density at radius 2 is 1.04 bits per heavy atom. The first-order valence-electron chi connectivity index (χ1n) is 10.4. The number of aryl methyl sites for hydroxylation is 2. The molecule has 28 heavy (non-hydrogen) atoms. The van der Waals surface area contributed by atoms with Gasteiger partial charge in [0.05, 0.1) is 11.4 Å². The second-order valence-corrected chi connectivity index (χ2v) is 7.87. The van der Waals surface area contributed by atoms with E-state index in [-0.39, 0.29) is 0 Å². The molecule has 5 rings (SSSR count). The molecule has 0 saturated carbocycles. The number of hydrogen-bond acceptors (Lipinski definition) is 1. The van der Waals surface area contributed by atoms with Crippen LogP contribution in [0.3, 0.4) is 0 Å². The summed E-state index contributed by atoms with van der Waals surface area (Å²) in [7, 11) is 0. The van der Waals surface area contributed by atoms with Gasteiger partial charge in [-0.3, -0.25) is 0 Å². The van der Waals surface area contributed by atoms with Gasteiger partial charge in [0, 0.05) is 0 Å². The van der Waals surface area contributed by atoms with Crippen molar-refractivity contribution in [2.24, 2.45) is 0 Å². The molecule has 0 saturated heterocycles. The van der Waals surface area contributed by atoms with Crippen LogP contribution >= 0.6 is 0 Å². The molecular formula is C27H25N. The Kier molecular flexibility index (Phi) is 4.66. The van der Waals surface area contributed by atoms with E-state index < -0.39 is 0 Å².